The van der Waals surface area contributed by atoms with Crippen LogP contribution < -0.4 is 65.5 Å². The van der Waals surface area contributed by atoms with Crippen molar-refractivity contribution in [3.05, 3.63) is 370 Å². The van der Waals surface area contributed by atoms with Crippen LogP contribution in [0.3, 0.4) is 0 Å². The number of tetrazole rings is 1. The number of aromatic amines is 1. The van der Waals surface area contributed by atoms with Crippen LogP contribution in [0.4, 0.5) is 20.5 Å². The number of fused-ring (bicyclic) bond motifs is 4. The molecular formula is C103H98N24O8S4. The number of aromatic nitrogens is 12. The molecule has 17 N–H and O–H groups in total. The van der Waals surface area contributed by atoms with Gasteiger partial charge >= 0.3 is 0 Å². The van der Waals surface area contributed by atoms with E-state index in [9.17, 15) is 38.4 Å². The molecule has 0 bridgehead atoms. The summed E-state index contributed by atoms with van der Waals surface area (Å²) in [6, 6.07) is 66.3. The molecule has 16 aromatic rings. The number of carbonyl (C=O) groups is 8. The fourth-order valence-corrected chi connectivity index (χ4v) is 20.5. The lowest BCUT2D eigenvalue weighted by molar-refractivity contribution is 0.0943. The minimum atomic E-state index is -0.234. The molecule has 0 unspecified atom stereocenters. The molecule has 0 saturated heterocycles. The molecule has 0 spiro atoms. The van der Waals surface area contributed by atoms with Crippen molar-refractivity contribution < 1.29 is 38.4 Å². The number of thiazole rings is 4. The summed E-state index contributed by atoms with van der Waals surface area (Å²) in [5, 5.41) is 43.8. The van der Waals surface area contributed by atoms with Gasteiger partial charge in [-0.1, -0.05) is 97.1 Å². The number of amides is 8. The monoisotopic (exact) mass is 1930 g/mol. The van der Waals surface area contributed by atoms with Crippen LogP contribution in [0, 0.1) is 6.92 Å². The highest BCUT2D eigenvalue weighted by Crippen LogP contribution is 2.35. The number of pyridine rings is 2. The second-order valence-corrected chi connectivity index (χ2v) is 38.1. The first-order valence-corrected chi connectivity index (χ1v) is 48.5. The number of nitrogens with zero attached hydrogens (tertiary/aromatic N) is 11. The summed E-state index contributed by atoms with van der Waals surface area (Å²) in [7, 11) is 0. The summed E-state index contributed by atoms with van der Waals surface area (Å²) in [4.78, 5) is 133. The van der Waals surface area contributed by atoms with Crippen LogP contribution in [0.5, 0.6) is 0 Å². The average molecular weight is 1930 g/mol. The van der Waals surface area contributed by atoms with E-state index in [-0.39, 0.29) is 78.0 Å². The second kappa shape index (κ2) is 45.0. The Morgan fingerprint density at radius 1 is 0.345 bits per heavy atom. The topological polar surface area (TPSA) is 486 Å². The van der Waals surface area contributed by atoms with Crippen LogP contribution >= 0.6 is 45.3 Å². The Hall–Kier alpha value is -15.5. The molecule has 36 heteroatoms. The minimum Gasteiger partial charge on any atom is -0.348 e. The van der Waals surface area contributed by atoms with Crippen molar-refractivity contribution in [3.8, 4) is 39.1 Å². The summed E-state index contributed by atoms with van der Waals surface area (Å²) >= 11 is 5.97. The smallest absolute Gasteiger partial charge is 0.257 e. The van der Waals surface area contributed by atoms with Gasteiger partial charge in [0.05, 0.1) is 34.7 Å². The predicted octanol–water partition coefficient (Wildman–Crippen LogP) is 14.4. The van der Waals surface area contributed by atoms with Crippen molar-refractivity contribution in [2.24, 2.45) is 22.9 Å². The van der Waals surface area contributed by atoms with Gasteiger partial charge in [-0.25, -0.2) is 19.9 Å². The first-order chi connectivity index (χ1) is 67.6. The van der Waals surface area contributed by atoms with Crippen molar-refractivity contribution in [2.75, 3.05) is 21.3 Å². The Balaban J connectivity index is 0.000000128. The molecule has 0 aliphatic heterocycles. The van der Waals surface area contributed by atoms with Gasteiger partial charge in [0.2, 0.25) is 0 Å². The summed E-state index contributed by atoms with van der Waals surface area (Å²) in [6.45, 7) is 3.01. The molecule has 0 saturated carbocycles. The van der Waals surface area contributed by atoms with Crippen molar-refractivity contribution in [1.82, 2.24) is 81.6 Å². The van der Waals surface area contributed by atoms with Crippen LogP contribution in [-0.4, -0.2) is 132 Å². The molecule has 702 valence electrons. The Kier molecular flexibility index (Phi) is 30.8. The lowest BCUT2D eigenvalue weighted by atomic mass is 9.99. The van der Waals surface area contributed by atoms with E-state index < -0.39 is 0 Å². The van der Waals surface area contributed by atoms with Crippen LogP contribution in [0.15, 0.2) is 256 Å². The Morgan fingerprint density at radius 2 is 0.647 bits per heavy atom. The zero-order chi connectivity index (χ0) is 96.3. The molecule has 8 heterocycles. The maximum atomic E-state index is 12.8. The number of rotatable bonds is 24. The van der Waals surface area contributed by atoms with Crippen molar-refractivity contribution in [2.45, 2.75) is 134 Å². The number of aryl methyl sites for hydroxylation is 5. The molecule has 32 nitrogen and oxygen atoms in total. The summed E-state index contributed by atoms with van der Waals surface area (Å²) < 4.78 is 1.59. The number of hydrogen-bond donors (Lipinski definition) is 13. The van der Waals surface area contributed by atoms with Gasteiger partial charge in [-0.2, -0.15) is 9.78 Å². The third-order valence-corrected chi connectivity index (χ3v) is 27.7. The molecule has 139 heavy (non-hydrogen) atoms. The Morgan fingerprint density at radius 3 is 0.942 bits per heavy atom. The standard InChI is InChI=1S/2C27H25N5O2S.C25H24N6O2S.C24H24N8O2S/c2*28-22-9-10-23-24(14-22)35-27(31-23)32-26(34)19-6-1-4-17(12-19)15-30-25(33)20-7-2-5-18(13-20)21-8-3-11-29-16-21;26-20-7-8-21-22(11-20)34-25(30-21)31-24(33)17-5-1-3-15(9-17)12-27-23(32)18-6-2-4-16(10-18)19-13-28-29-14-19;1-14-29-30-31-32(14)19-8-5-16(6-9-19)22(33)26-13-15-3-2-4-17(11-15)23(34)28-24-27-20-10-7-18(25)12-21(20)35-24/h2*1-8,11-13,16,22H,9-10,14-15,28H2,(H,30,33)(H,31,32,34);1-6,9-10,13-14,20H,7-8,11-12,26H2,(H,27,32)(H,28,29)(H,30,31,33);2-6,8-9,11,18H,7,10,12-13,25H2,1H3,(H,26,33)(H,27,28,34)/t2*22-;20-;18-/m1010/s1. The van der Waals surface area contributed by atoms with Crippen LogP contribution in [0.2, 0.25) is 0 Å². The van der Waals surface area contributed by atoms with E-state index in [2.05, 4.69) is 98.2 Å². The first kappa shape index (κ1) is 95.2. The Bertz CT molecular complexity index is 6910. The van der Waals surface area contributed by atoms with Gasteiger partial charge in [0.15, 0.2) is 26.4 Å². The zero-order valence-corrected chi connectivity index (χ0v) is 78.8. The third-order valence-electron chi connectivity index (χ3n) is 23.6. The molecule has 4 atom stereocenters. The molecule has 8 amide bonds. The molecule has 20 rings (SSSR count). The van der Waals surface area contributed by atoms with E-state index in [4.69, 9.17) is 22.9 Å². The molecule has 8 aromatic carbocycles. The van der Waals surface area contributed by atoms with Gasteiger partial charge < -0.3 is 44.2 Å². The van der Waals surface area contributed by atoms with Crippen molar-refractivity contribution in [3.63, 3.8) is 0 Å². The zero-order valence-electron chi connectivity index (χ0n) is 75.5. The van der Waals surface area contributed by atoms with Crippen LogP contribution in [-0.2, 0) is 77.5 Å². The molecular weight excluding hydrogens is 1830 g/mol. The highest BCUT2D eigenvalue weighted by Gasteiger charge is 2.28. The Labute approximate surface area is 815 Å². The fraction of sp³-hybridized carbons (Fsp3) is 0.204. The summed E-state index contributed by atoms with van der Waals surface area (Å²) in [5.74, 6) is -1.02. The number of nitrogens with two attached hydrogens (primary N) is 4. The maximum Gasteiger partial charge on any atom is 0.257 e. The number of carbonyl (C=O) groups excluding carboxylic acids is 8. The number of nitrogens with one attached hydrogen (secondary N) is 9. The van der Waals surface area contributed by atoms with E-state index >= 15 is 0 Å². The van der Waals surface area contributed by atoms with E-state index in [1.54, 1.807) is 146 Å². The first-order valence-electron chi connectivity index (χ1n) is 45.3. The SMILES string of the molecule is Cc1nnnn1-c1ccc(C(=O)NCc2cccc(C(=O)Nc3nc4c(s3)C[C@@H](N)CC4)c2)cc1.N[C@@H]1CCc2nc(NC(=O)c3cccc(CNC(=O)c4cccc(-c5cccnc5)c4)c3)sc2C1.N[C@@H]1CCc2nc(NC(=O)c3cccc(CNC(=O)c4cccc(-c5cn[nH]c5)c4)c3)sc2C1.N[C@H]1CCc2nc(NC(=O)c3cccc(CNC(=O)c4cccc(-c5cccnc5)c4)c3)sc2C1. The van der Waals surface area contributed by atoms with Gasteiger partial charge in [-0.15, -0.1) is 50.4 Å². The fourth-order valence-electron chi connectivity index (χ4n) is 16.1. The molecule has 0 fully saturated rings. The molecule has 8 aromatic heterocycles. The maximum absolute atomic E-state index is 12.8. The molecule has 4 aliphatic carbocycles. The number of hydrogen-bond acceptors (Lipinski definition) is 26. The van der Waals surface area contributed by atoms with E-state index in [0.717, 1.165) is 181 Å². The van der Waals surface area contributed by atoms with Crippen molar-refractivity contribution in [1.29, 1.82) is 0 Å². The van der Waals surface area contributed by atoms with Crippen LogP contribution in [0.25, 0.3) is 39.1 Å². The summed E-state index contributed by atoms with van der Waals surface area (Å²) in [5.41, 5.74) is 42.2. The number of anilines is 4. The van der Waals surface area contributed by atoms with E-state index in [1.165, 1.54) is 45.3 Å². The van der Waals surface area contributed by atoms with Gasteiger partial charge in [-0.3, -0.25) is 74.7 Å². The quantitative estimate of drug-likeness (QED) is 0.0267. The van der Waals surface area contributed by atoms with Crippen LogP contribution in [0.1, 0.15) is 179 Å². The van der Waals surface area contributed by atoms with Crippen molar-refractivity contribution >= 4 is 113 Å². The van der Waals surface area contributed by atoms with E-state index in [0.29, 0.717) is 90.5 Å². The lowest BCUT2D eigenvalue weighted by Gasteiger charge is -2.15. The highest BCUT2D eigenvalue weighted by atomic mass is 32.1. The lowest BCUT2D eigenvalue weighted by Crippen LogP contribution is -2.27. The second-order valence-electron chi connectivity index (χ2n) is 33.8. The average Bonchev–Trinajstić information content (AvgIpc) is 1.74. The minimum absolute atomic E-state index is 0.159. The van der Waals surface area contributed by atoms with Gasteiger partial charge in [0.1, 0.15) is 0 Å². The largest absolute Gasteiger partial charge is 0.348 e. The van der Waals surface area contributed by atoms with E-state index in [1.807, 2.05) is 121 Å². The highest BCUT2D eigenvalue weighted by molar-refractivity contribution is 7.17. The molecule has 4 aliphatic rings. The number of benzene rings is 8. The predicted molar refractivity (Wildman–Crippen MR) is 538 cm³/mol. The molecule has 0 radical (unpaired) electrons. The normalized spacial score (nSPS) is 14.8. The van der Waals surface area contributed by atoms with Gasteiger partial charge in [0.25, 0.3) is 47.3 Å². The number of H-pyrrole nitrogens is 1. The summed E-state index contributed by atoms with van der Waals surface area (Å²) in [6.07, 6.45) is 20.8. The van der Waals surface area contributed by atoms with Gasteiger partial charge in [-0.05, 0) is 255 Å². The third kappa shape index (κ3) is 25.2. The van der Waals surface area contributed by atoms with Gasteiger partial charge in [0, 0.05) is 162 Å².